The van der Waals surface area contributed by atoms with Gasteiger partial charge in [-0.1, -0.05) is 6.92 Å². The Hall–Kier alpha value is -1.78. The van der Waals surface area contributed by atoms with E-state index in [2.05, 4.69) is 5.32 Å². The SMILES string of the molecule is CC(CC(=O)N(C)C1CCNC1=O)c1ccco1. The number of nitrogens with zero attached hydrogens (tertiary/aromatic N) is 1. The Labute approximate surface area is 106 Å². The van der Waals surface area contributed by atoms with Gasteiger partial charge in [0.15, 0.2) is 0 Å². The van der Waals surface area contributed by atoms with Crippen LogP contribution in [0.2, 0.25) is 0 Å². The van der Waals surface area contributed by atoms with Crippen molar-refractivity contribution < 1.29 is 14.0 Å². The molecule has 1 fully saturated rings. The van der Waals surface area contributed by atoms with Crippen molar-refractivity contribution in [2.75, 3.05) is 13.6 Å². The zero-order valence-corrected chi connectivity index (χ0v) is 10.7. The van der Waals surface area contributed by atoms with Crippen molar-refractivity contribution in [2.45, 2.75) is 31.7 Å². The summed E-state index contributed by atoms with van der Waals surface area (Å²) < 4.78 is 5.27. The molecule has 1 aromatic rings. The van der Waals surface area contributed by atoms with E-state index in [0.29, 0.717) is 19.4 Å². The van der Waals surface area contributed by atoms with Crippen LogP contribution in [0.5, 0.6) is 0 Å². The van der Waals surface area contributed by atoms with Crippen molar-refractivity contribution in [3.63, 3.8) is 0 Å². The van der Waals surface area contributed by atoms with Gasteiger partial charge in [0.2, 0.25) is 11.8 Å². The maximum absolute atomic E-state index is 12.1. The van der Waals surface area contributed by atoms with Gasteiger partial charge in [0.25, 0.3) is 0 Å². The van der Waals surface area contributed by atoms with Gasteiger partial charge in [0.05, 0.1) is 6.26 Å². The molecule has 0 aliphatic carbocycles. The predicted octanol–water partition coefficient (Wildman–Crippen LogP) is 1.12. The predicted molar refractivity (Wildman–Crippen MR) is 65.9 cm³/mol. The number of nitrogens with one attached hydrogen (secondary N) is 1. The average molecular weight is 250 g/mol. The number of carbonyl (C=O) groups is 2. The number of amides is 2. The molecule has 2 amide bonds. The van der Waals surface area contributed by atoms with Crippen molar-refractivity contribution in [1.29, 1.82) is 0 Å². The van der Waals surface area contributed by atoms with Crippen LogP contribution in [0.15, 0.2) is 22.8 Å². The molecule has 0 saturated carbocycles. The van der Waals surface area contributed by atoms with E-state index in [1.54, 1.807) is 18.2 Å². The van der Waals surface area contributed by atoms with Gasteiger partial charge >= 0.3 is 0 Å². The van der Waals surface area contributed by atoms with Crippen LogP contribution in [0.3, 0.4) is 0 Å². The van der Waals surface area contributed by atoms with E-state index in [1.807, 2.05) is 19.1 Å². The fourth-order valence-corrected chi connectivity index (χ4v) is 2.20. The summed E-state index contributed by atoms with van der Waals surface area (Å²) in [6.45, 7) is 2.59. The van der Waals surface area contributed by atoms with E-state index < -0.39 is 0 Å². The Morgan fingerprint density at radius 2 is 2.44 bits per heavy atom. The first-order valence-corrected chi connectivity index (χ1v) is 6.16. The zero-order chi connectivity index (χ0) is 13.1. The lowest BCUT2D eigenvalue weighted by Crippen LogP contribution is -2.42. The molecule has 1 N–H and O–H groups in total. The van der Waals surface area contributed by atoms with Crippen LogP contribution >= 0.6 is 0 Å². The van der Waals surface area contributed by atoms with Crippen LogP contribution in [0.25, 0.3) is 0 Å². The van der Waals surface area contributed by atoms with Gasteiger partial charge in [-0.15, -0.1) is 0 Å². The molecule has 2 unspecified atom stereocenters. The van der Waals surface area contributed by atoms with Gasteiger partial charge in [-0.2, -0.15) is 0 Å². The van der Waals surface area contributed by atoms with Gasteiger partial charge in [-0.3, -0.25) is 9.59 Å². The highest BCUT2D eigenvalue weighted by molar-refractivity contribution is 5.89. The van der Waals surface area contributed by atoms with Crippen LogP contribution in [0.1, 0.15) is 31.4 Å². The number of hydrogen-bond acceptors (Lipinski definition) is 3. The minimum absolute atomic E-state index is 0.0269. The van der Waals surface area contributed by atoms with Gasteiger partial charge in [-0.05, 0) is 18.6 Å². The molecule has 5 nitrogen and oxygen atoms in total. The van der Waals surface area contributed by atoms with E-state index in [1.165, 1.54) is 0 Å². The molecule has 1 aliphatic rings. The zero-order valence-electron chi connectivity index (χ0n) is 10.7. The normalized spacial score (nSPS) is 20.6. The van der Waals surface area contributed by atoms with Crippen LogP contribution in [0.4, 0.5) is 0 Å². The molecular formula is C13H18N2O3. The monoisotopic (exact) mass is 250 g/mol. The lowest BCUT2D eigenvalue weighted by atomic mass is 10.0. The van der Waals surface area contributed by atoms with Crippen molar-refractivity contribution in [3.05, 3.63) is 24.2 Å². The van der Waals surface area contributed by atoms with Gasteiger partial charge in [0, 0.05) is 25.9 Å². The van der Waals surface area contributed by atoms with Crippen LogP contribution in [0, 0.1) is 0 Å². The quantitative estimate of drug-likeness (QED) is 0.871. The summed E-state index contributed by atoms with van der Waals surface area (Å²) in [5.41, 5.74) is 0. The van der Waals surface area contributed by atoms with E-state index in [0.717, 1.165) is 5.76 Å². The molecule has 2 heterocycles. The minimum atomic E-state index is -0.318. The van der Waals surface area contributed by atoms with Crippen molar-refractivity contribution in [2.24, 2.45) is 0 Å². The number of hydrogen-bond donors (Lipinski definition) is 1. The highest BCUT2D eigenvalue weighted by Gasteiger charge is 2.31. The smallest absolute Gasteiger partial charge is 0.242 e. The molecular weight excluding hydrogens is 232 g/mol. The molecule has 2 atom stereocenters. The first-order chi connectivity index (χ1) is 8.59. The first-order valence-electron chi connectivity index (χ1n) is 6.16. The van der Waals surface area contributed by atoms with Crippen molar-refractivity contribution >= 4 is 11.8 Å². The summed E-state index contributed by atoms with van der Waals surface area (Å²) in [6, 6.07) is 3.35. The maximum Gasteiger partial charge on any atom is 0.242 e. The molecule has 0 aromatic carbocycles. The fourth-order valence-electron chi connectivity index (χ4n) is 2.20. The largest absolute Gasteiger partial charge is 0.469 e. The topological polar surface area (TPSA) is 62.6 Å². The van der Waals surface area contributed by atoms with Crippen LogP contribution in [-0.2, 0) is 9.59 Å². The van der Waals surface area contributed by atoms with E-state index in [-0.39, 0.29) is 23.8 Å². The summed E-state index contributed by atoms with van der Waals surface area (Å²) in [5, 5.41) is 2.73. The Balaban J connectivity index is 1.93. The van der Waals surface area contributed by atoms with Gasteiger partial charge in [-0.25, -0.2) is 0 Å². The number of rotatable bonds is 4. The lowest BCUT2D eigenvalue weighted by molar-refractivity contribution is -0.137. The summed E-state index contributed by atoms with van der Waals surface area (Å²) in [5.74, 6) is 0.740. The number of likely N-dealkylation sites (N-methyl/N-ethyl adjacent to an activating group) is 1. The second-order valence-corrected chi connectivity index (χ2v) is 4.72. The highest BCUT2D eigenvalue weighted by Crippen LogP contribution is 2.21. The van der Waals surface area contributed by atoms with Gasteiger partial charge in [0.1, 0.15) is 11.8 Å². The summed E-state index contributed by atoms with van der Waals surface area (Å²) >= 11 is 0. The maximum atomic E-state index is 12.1. The molecule has 18 heavy (non-hydrogen) atoms. The fraction of sp³-hybridized carbons (Fsp3) is 0.538. The molecule has 0 radical (unpaired) electrons. The third kappa shape index (κ3) is 2.55. The molecule has 1 saturated heterocycles. The summed E-state index contributed by atoms with van der Waals surface area (Å²) in [4.78, 5) is 25.1. The van der Waals surface area contributed by atoms with Gasteiger partial charge < -0.3 is 14.6 Å². The summed E-state index contributed by atoms with van der Waals surface area (Å²) in [6.07, 6.45) is 2.65. The molecule has 0 spiro atoms. The second-order valence-electron chi connectivity index (χ2n) is 4.72. The third-order valence-corrected chi connectivity index (χ3v) is 3.39. The average Bonchev–Trinajstić information content (AvgIpc) is 2.98. The number of furan rings is 1. The minimum Gasteiger partial charge on any atom is -0.469 e. The molecule has 5 heteroatoms. The van der Waals surface area contributed by atoms with Crippen LogP contribution in [-0.4, -0.2) is 36.3 Å². The Bertz CT molecular complexity index is 427. The molecule has 2 rings (SSSR count). The molecule has 1 aromatic heterocycles. The highest BCUT2D eigenvalue weighted by atomic mass is 16.3. The first kappa shape index (κ1) is 12.7. The Kier molecular flexibility index (Phi) is 3.69. The third-order valence-electron chi connectivity index (χ3n) is 3.39. The Morgan fingerprint density at radius 1 is 1.67 bits per heavy atom. The molecule has 0 bridgehead atoms. The molecule has 1 aliphatic heterocycles. The van der Waals surface area contributed by atoms with Crippen molar-refractivity contribution in [1.82, 2.24) is 10.2 Å². The van der Waals surface area contributed by atoms with Crippen LogP contribution < -0.4 is 5.32 Å². The molecule has 98 valence electrons. The van der Waals surface area contributed by atoms with Crippen molar-refractivity contribution in [3.8, 4) is 0 Å². The Morgan fingerprint density at radius 3 is 3.00 bits per heavy atom. The number of carbonyl (C=O) groups excluding carboxylic acids is 2. The van der Waals surface area contributed by atoms with E-state index in [9.17, 15) is 9.59 Å². The van der Waals surface area contributed by atoms with E-state index >= 15 is 0 Å². The lowest BCUT2D eigenvalue weighted by Gasteiger charge is -2.23. The van der Waals surface area contributed by atoms with E-state index in [4.69, 9.17) is 4.42 Å². The second kappa shape index (κ2) is 5.25. The standard InChI is InChI=1S/C13H18N2O3/c1-9(11-4-3-7-18-11)8-12(16)15(2)10-5-6-14-13(10)17/h3-4,7,9-10H,5-6,8H2,1-2H3,(H,14,17). The summed E-state index contributed by atoms with van der Waals surface area (Å²) in [7, 11) is 1.69.